The van der Waals surface area contributed by atoms with Crippen molar-refractivity contribution in [2.45, 2.75) is 95.5 Å². The summed E-state index contributed by atoms with van der Waals surface area (Å²) in [5.74, 6) is 3.95. The van der Waals surface area contributed by atoms with Crippen molar-refractivity contribution in [2.24, 2.45) is 41.4 Å². The number of rotatable bonds is 3. The van der Waals surface area contributed by atoms with E-state index in [1.165, 1.54) is 50.5 Å². The summed E-state index contributed by atoms with van der Waals surface area (Å²) in [5, 5.41) is 31.6. The molecule has 11 unspecified atom stereocenters. The largest absolute Gasteiger partial charge is 0.393 e. The molecule has 0 amide bonds. The van der Waals surface area contributed by atoms with Crippen molar-refractivity contribution < 1.29 is 20.1 Å². The molecule has 0 aromatic heterocycles. The quantitative estimate of drug-likeness (QED) is 0.626. The van der Waals surface area contributed by atoms with Crippen LogP contribution >= 0.6 is 0 Å². The minimum Gasteiger partial charge on any atom is -0.393 e. The monoisotopic (exact) mass is 430 g/mol. The minimum absolute atomic E-state index is 0.197. The zero-order chi connectivity index (χ0) is 21.7. The SMILES string of the molecule is COC1CCC(C2CCC3CC(C4=CC5CC(O)CC(O)C5=C4)CC(O)C3C2)CC1C. The molecule has 0 bridgehead atoms. The Morgan fingerprint density at radius 1 is 0.839 bits per heavy atom. The van der Waals surface area contributed by atoms with Gasteiger partial charge in [0.15, 0.2) is 0 Å². The van der Waals surface area contributed by atoms with Gasteiger partial charge in [0.05, 0.1) is 24.4 Å². The molecule has 0 heterocycles. The van der Waals surface area contributed by atoms with Crippen LogP contribution in [0.15, 0.2) is 23.3 Å². The first-order chi connectivity index (χ1) is 14.9. The van der Waals surface area contributed by atoms with Gasteiger partial charge in [0, 0.05) is 19.4 Å². The molecule has 5 aliphatic rings. The van der Waals surface area contributed by atoms with E-state index >= 15 is 0 Å². The molecule has 31 heavy (non-hydrogen) atoms. The van der Waals surface area contributed by atoms with Gasteiger partial charge in [-0.25, -0.2) is 0 Å². The van der Waals surface area contributed by atoms with Crippen molar-refractivity contribution in [1.29, 1.82) is 0 Å². The molecule has 0 aromatic carbocycles. The van der Waals surface area contributed by atoms with E-state index in [0.29, 0.717) is 36.2 Å². The molecule has 3 N–H and O–H groups in total. The molecule has 4 fully saturated rings. The number of ether oxygens (including phenoxy) is 1. The summed E-state index contributed by atoms with van der Waals surface area (Å²) in [4.78, 5) is 0. The normalized spacial score (nSPS) is 50.3. The summed E-state index contributed by atoms with van der Waals surface area (Å²) in [6.45, 7) is 2.35. The number of allylic oxidation sites excluding steroid dienone is 3. The summed E-state index contributed by atoms with van der Waals surface area (Å²) in [6.07, 6.45) is 14.7. The van der Waals surface area contributed by atoms with Gasteiger partial charge in [-0.15, -0.1) is 0 Å². The number of fused-ring (bicyclic) bond motifs is 2. The molecule has 0 spiro atoms. The van der Waals surface area contributed by atoms with Crippen LogP contribution in [0.5, 0.6) is 0 Å². The molecule has 4 saturated carbocycles. The fourth-order valence-electron chi connectivity index (χ4n) is 8.14. The van der Waals surface area contributed by atoms with Crippen LogP contribution in [0.25, 0.3) is 0 Å². The van der Waals surface area contributed by atoms with Crippen molar-refractivity contribution in [3.63, 3.8) is 0 Å². The molecule has 11 atom stereocenters. The third-order valence-electron chi connectivity index (χ3n) is 9.83. The second-order valence-electron chi connectivity index (χ2n) is 11.6. The first kappa shape index (κ1) is 22.1. The maximum absolute atomic E-state index is 11.2. The fraction of sp³-hybridized carbons (Fsp3) is 0.852. The van der Waals surface area contributed by atoms with Crippen LogP contribution in [-0.2, 0) is 4.74 Å². The van der Waals surface area contributed by atoms with Crippen molar-refractivity contribution in [2.75, 3.05) is 7.11 Å². The number of aliphatic hydroxyl groups is 3. The maximum Gasteiger partial charge on any atom is 0.0783 e. The molecule has 0 aromatic rings. The van der Waals surface area contributed by atoms with Crippen LogP contribution in [-0.4, -0.2) is 46.8 Å². The Balaban J connectivity index is 1.22. The van der Waals surface area contributed by atoms with E-state index < -0.39 is 12.2 Å². The summed E-state index contributed by atoms with van der Waals surface area (Å²) in [6, 6.07) is 0. The van der Waals surface area contributed by atoms with Crippen LogP contribution in [0, 0.1) is 41.4 Å². The zero-order valence-electron chi connectivity index (χ0n) is 19.3. The highest BCUT2D eigenvalue weighted by molar-refractivity contribution is 5.40. The van der Waals surface area contributed by atoms with E-state index in [1.807, 2.05) is 7.11 Å². The third kappa shape index (κ3) is 4.30. The number of hydrogen-bond acceptors (Lipinski definition) is 4. The summed E-state index contributed by atoms with van der Waals surface area (Å²) in [5.41, 5.74) is 2.42. The fourth-order valence-corrected chi connectivity index (χ4v) is 8.14. The lowest BCUT2D eigenvalue weighted by atomic mass is 9.59. The first-order valence-electron chi connectivity index (χ1n) is 12.9. The highest BCUT2D eigenvalue weighted by Crippen LogP contribution is 2.51. The lowest BCUT2D eigenvalue weighted by molar-refractivity contribution is -0.0441. The van der Waals surface area contributed by atoms with Gasteiger partial charge in [-0.2, -0.15) is 0 Å². The highest BCUT2D eigenvalue weighted by Gasteiger charge is 2.45. The second kappa shape index (κ2) is 8.93. The van der Waals surface area contributed by atoms with E-state index in [9.17, 15) is 15.3 Å². The molecular weight excluding hydrogens is 388 g/mol. The van der Waals surface area contributed by atoms with Gasteiger partial charge in [-0.1, -0.05) is 19.1 Å². The third-order valence-corrected chi connectivity index (χ3v) is 9.83. The molecular formula is C27H42O4. The number of hydrogen-bond donors (Lipinski definition) is 3. The van der Waals surface area contributed by atoms with Crippen LogP contribution < -0.4 is 0 Å². The average Bonchev–Trinajstić information content (AvgIpc) is 3.18. The molecule has 0 aliphatic heterocycles. The number of aliphatic hydroxyl groups excluding tert-OH is 3. The highest BCUT2D eigenvalue weighted by atomic mass is 16.5. The van der Waals surface area contributed by atoms with E-state index in [0.717, 1.165) is 30.3 Å². The molecule has 4 heteroatoms. The molecule has 4 nitrogen and oxygen atoms in total. The van der Waals surface area contributed by atoms with Gasteiger partial charge in [0.1, 0.15) is 0 Å². The van der Waals surface area contributed by atoms with E-state index in [1.54, 1.807) is 0 Å². The standard InChI is InChI=1S/C27H42O4/c1-15-7-16(5-6-27(15)31-2)17-3-4-18-8-20(13-25(29)23(18)11-17)19-9-21-10-22(28)14-26(30)24(21)12-19/h9,12,15-18,20-23,25-30H,3-8,10-11,13-14H2,1-2H3. The van der Waals surface area contributed by atoms with Gasteiger partial charge < -0.3 is 20.1 Å². The second-order valence-corrected chi connectivity index (χ2v) is 11.6. The lowest BCUT2D eigenvalue weighted by Crippen LogP contribution is -2.43. The Bertz CT molecular complexity index is 714. The van der Waals surface area contributed by atoms with Gasteiger partial charge in [-0.3, -0.25) is 0 Å². The predicted octanol–water partition coefficient (Wildman–Crippen LogP) is 4.24. The van der Waals surface area contributed by atoms with Gasteiger partial charge in [0.25, 0.3) is 0 Å². The van der Waals surface area contributed by atoms with Gasteiger partial charge >= 0.3 is 0 Å². The Hall–Kier alpha value is -0.680. The maximum atomic E-state index is 11.2. The minimum atomic E-state index is -0.505. The predicted molar refractivity (Wildman–Crippen MR) is 121 cm³/mol. The van der Waals surface area contributed by atoms with E-state index in [-0.39, 0.29) is 12.0 Å². The molecule has 0 radical (unpaired) electrons. The van der Waals surface area contributed by atoms with Crippen LogP contribution in [0.3, 0.4) is 0 Å². The average molecular weight is 431 g/mol. The summed E-state index contributed by atoms with van der Waals surface area (Å²) >= 11 is 0. The van der Waals surface area contributed by atoms with E-state index in [4.69, 9.17) is 4.74 Å². The Morgan fingerprint density at radius 2 is 1.58 bits per heavy atom. The smallest absolute Gasteiger partial charge is 0.0783 e. The van der Waals surface area contributed by atoms with Crippen LogP contribution in [0.2, 0.25) is 0 Å². The van der Waals surface area contributed by atoms with Crippen molar-refractivity contribution in [3.05, 3.63) is 23.3 Å². The topological polar surface area (TPSA) is 69.9 Å². The van der Waals surface area contributed by atoms with Gasteiger partial charge in [-0.05, 0) is 104 Å². The Kier molecular flexibility index (Phi) is 6.37. The summed E-state index contributed by atoms with van der Waals surface area (Å²) < 4.78 is 5.67. The lowest BCUT2D eigenvalue weighted by Gasteiger charge is -2.48. The Morgan fingerprint density at radius 3 is 2.35 bits per heavy atom. The van der Waals surface area contributed by atoms with Gasteiger partial charge in [0.2, 0.25) is 0 Å². The molecule has 0 saturated heterocycles. The molecule has 5 aliphatic carbocycles. The molecule has 5 rings (SSSR count). The van der Waals surface area contributed by atoms with Crippen molar-refractivity contribution in [1.82, 2.24) is 0 Å². The van der Waals surface area contributed by atoms with Crippen molar-refractivity contribution in [3.8, 4) is 0 Å². The zero-order valence-corrected chi connectivity index (χ0v) is 19.3. The number of methoxy groups -OCH3 is 1. The van der Waals surface area contributed by atoms with Crippen LogP contribution in [0.1, 0.15) is 71.1 Å². The van der Waals surface area contributed by atoms with Crippen molar-refractivity contribution >= 4 is 0 Å². The van der Waals surface area contributed by atoms with E-state index in [2.05, 4.69) is 19.1 Å². The Labute approximate surface area is 187 Å². The summed E-state index contributed by atoms with van der Waals surface area (Å²) in [7, 11) is 1.86. The van der Waals surface area contributed by atoms with Crippen LogP contribution in [0.4, 0.5) is 0 Å². The first-order valence-corrected chi connectivity index (χ1v) is 12.9. The molecule has 174 valence electrons.